The quantitative estimate of drug-likeness (QED) is 0.698. The van der Waals surface area contributed by atoms with E-state index in [4.69, 9.17) is 6.42 Å². The van der Waals surface area contributed by atoms with Gasteiger partial charge in [0.2, 0.25) is 10.0 Å². The summed E-state index contributed by atoms with van der Waals surface area (Å²) in [4.78, 5) is 3.82. The van der Waals surface area contributed by atoms with Gasteiger partial charge in [-0.2, -0.15) is 0 Å². The van der Waals surface area contributed by atoms with Crippen molar-refractivity contribution in [3.05, 3.63) is 24.0 Å². The highest BCUT2D eigenvalue weighted by atomic mass is 32.2. The van der Waals surface area contributed by atoms with Crippen molar-refractivity contribution < 1.29 is 8.42 Å². The highest BCUT2D eigenvalue weighted by Gasteiger charge is 2.05. The van der Waals surface area contributed by atoms with Gasteiger partial charge in [0.05, 0.1) is 11.9 Å². The third-order valence-electron chi connectivity index (χ3n) is 1.24. The molecule has 5 heteroatoms. The highest BCUT2D eigenvalue weighted by Crippen LogP contribution is 2.11. The maximum atomic E-state index is 10.9. The molecule has 0 spiro atoms. The first kappa shape index (κ1) is 9.55. The lowest BCUT2D eigenvalue weighted by molar-refractivity contribution is 0.607. The van der Waals surface area contributed by atoms with Crippen LogP contribution in [-0.2, 0) is 10.0 Å². The molecule has 0 aliphatic rings. The Hall–Kier alpha value is -1.54. The van der Waals surface area contributed by atoms with E-state index in [1.807, 2.05) is 0 Å². The van der Waals surface area contributed by atoms with Crippen molar-refractivity contribution in [1.29, 1.82) is 0 Å². The first-order valence-electron chi connectivity index (χ1n) is 3.42. The highest BCUT2D eigenvalue weighted by molar-refractivity contribution is 7.92. The zero-order valence-electron chi connectivity index (χ0n) is 6.98. The summed E-state index contributed by atoms with van der Waals surface area (Å²) in [6.07, 6.45) is 7.68. The molecular formula is C8H8N2O2S. The molecule has 1 N–H and O–H groups in total. The zero-order chi connectivity index (χ0) is 9.90. The topological polar surface area (TPSA) is 59.1 Å². The Kier molecular flexibility index (Phi) is 2.54. The lowest BCUT2D eigenvalue weighted by Gasteiger charge is -2.04. The number of pyridine rings is 1. The minimum atomic E-state index is -3.30. The Morgan fingerprint density at radius 3 is 2.85 bits per heavy atom. The Labute approximate surface area is 77.1 Å². The summed E-state index contributed by atoms with van der Waals surface area (Å²) in [5, 5.41) is 0. The normalized spacial score (nSPS) is 10.5. The van der Waals surface area contributed by atoms with Gasteiger partial charge in [0.15, 0.2) is 0 Å². The Morgan fingerprint density at radius 2 is 2.31 bits per heavy atom. The van der Waals surface area contributed by atoms with E-state index < -0.39 is 10.0 Å². The summed E-state index contributed by atoms with van der Waals surface area (Å²) < 4.78 is 24.0. The van der Waals surface area contributed by atoms with Gasteiger partial charge in [0.25, 0.3) is 0 Å². The van der Waals surface area contributed by atoms with Crippen LogP contribution in [0.1, 0.15) is 5.69 Å². The summed E-state index contributed by atoms with van der Waals surface area (Å²) in [5.74, 6) is 2.28. The molecular weight excluding hydrogens is 188 g/mol. The van der Waals surface area contributed by atoms with Crippen molar-refractivity contribution in [2.45, 2.75) is 0 Å². The predicted octanol–water partition coefficient (Wildman–Crippen LogP) is 0.434. The smallest absolute Gasteiger partial charge is 0.229 e. The number of terminal acetylenes is 1. The monoisotopic (exact) mass is 196 g/mol. The second-order valence-corrected chi connectivity index (χ2v) is 4.17. The van der Waals surface area contributed by atoms with Crippen molar-refractivity contribution >= 4 is 15.7 Å². The first-order valence-corrected chi connectivity index (χ1v) is 5.31. The first-order chi connectivity index (χ1) is 6.03. The van der Waals surface area contributed by atoms with Crippen LogP contribution in [-0.4, -0.2) is 19.7 Å². The molecule has 0 bridgehead atoms. The van der Waals surface area contributed by atoms with Gasteiger partial charge >= 0.3 is 0 Å². The van der Waals surface area contributed by atoms with E-state index in [1.54, 1.807) is 12.1 Å². The van der Waals surface area contributed by atoms with Crippen molar-refractivity contribution in [3.8, 4) is 12.3 Å². The van der Waals surface area contributed by atoms with Gasteiger partial charge in [-0.15, -0.1) is 6.42 Å². The summed E-state index contributed by atoms with van der Waals surface area (Å²) in [5.41, 5.74) is 0.612. The third kappa shape index (κ3) is 2.76. The van der Waals surface area contributed by atoms with E-state index in [1.165, 1.54) is 6.20 Å². The van der Waals surface area contributed by atoms with Gasteiger partial charge in [-0.1, -0.05) is 0 Å². The van der Waals surface area contributed by atoms with E-state index in [-0.39, 0.29) is 5.69 Å². The Bertz CT molecular complexity index is 445. The number of nitrogens with zero attached hydrogens (tertiary/aromatic N) is 1. The predicted molar refractivity (Wildman–Crippen MR) is 50.6 cm³/mol. The van der Waals surface area contributed by atoms with Gasteiger partial charge in [-0.25, -0.2) is 13.4 Å². The number of aromatic nitrogens is 1. The van der Waals surface area contributed by atoms with Crippen LogP contribution in [0.5, 0.6) is 0 Å². The Balaban J connectivity index is 3.10. The minimum Gasteiger partial charge on any atom is -0.281 e. The van der Waals surface area contributed by atoms with Crippen LogP contribution < -0.4 is 4.72 Å². The van der Waals surface area contributed by atoms with Gasteiger partial charge in [0, 0.05) is 6.20 Å². The van der Waals surface area contributed by atoms with Crippen LogP contribution in [0.3, 0.4) is 0 Å². The van der Waals surface area contributed by atoms with Crippen molar-refractivity contribution in [3.63, 3.8) is 0 Å². The summed E-state index contributed by atoms with van der Waals surface area (Å²) in [6.45, 7) is 0. The molecule has 0 unspecified atom stereocenters. The van der Waals surface area contributed by atoms with Crippen LogP contribution in [0.4, 0.5) is 5.69 Å². The maximum Gasteiger partial charge on any atom is 0.229 e. The second kappa shape index (κ2) is 3.46. The van der Waals surface area contributed by atoms with Gasteiger partial charge < -0.3 is 0 Å². The molecule has 0 amide bonds. The van der Waals surface area contributed by atoms with Gasteiger partial charge in [-0.3, -0.25) is 4.72 Å². The number of nitrogens with one attached hydrogen (secondary N) is 1. The molecule has 0 aromatic carbocycles. The molecule has 0 saturated heterocycles. The number of rotatable bonds is 2. The molecule has 0 saturated carbocycles. The average Bonchev–Trinajstić information content (AvgIpc) is 2.02. The van der Waals surface area contributed by atoms with E-state index in [2.05, 4.69) is 15.6 Å². The lowest BCUT2D eigenvalue weighted by Crippen LogP contribution is -2.11. The Morgan fingerprint density at radius 1 is 1.62 bits per heavy atom. The van der Waals surface area contributed by atoms with Crippen molar-refractivity contribution in [2.75, 3.05) is 11.0 Å². The molecule has 68 valence electrons. The molecule has 1 rings (SSSR count). The fourth-order valence-electron chi connectivity index (χ4n) is 0.802. The number of anilines is 1. The van der Waals surface area contributed by atoms with E-state index in [0.717, 1.165) is 6.26 Å². The molecule has 0 fully saturated rings. The minimum absolute atomic E-state index is 0.285. The van der Waals surface area contributed by atoms with Crippen LogP contribution in [0.15, 0.2) is 18.3 Å². The summed E-state index contributed by atoms with van der Waals surface area (Å²) in [6, 6.07) is 3.16. The van der Waals surface area contributed by atoms with E-state index in [0.29, 0.717) is 5.69 Å². The van der Waals surface area contributed by atoms with Crippen molar-refractivity contribution in [1.82, 2.24) is 4.98 Å². The molecule has 1 aromatic rings. The fraction of sp³-hybridized carbons (Fsp3) is 0.125. The molecule has 4 nitrogen and oxygen atoms in total. The van der Waals surface area contributed by atoms with Crippen LogP contribution >= 0.6 is 0 Å². The van der Waals surface area contributed by atoms with Crippen molar-refractivity contribution in [2.24, 2.45) is 0 Å². The second-order valence-electron chi connectivity index (χ2n) is 2.42. The third-order valence-corrected chi connectivity index (χ3v) is 1.83. The SMILES string of the molecule is C#Cc1ncccc1NS(C)(=O)=O. The van der Waals surface area contributed by atoms with Crippen LogP contribution in [0, 0.1) is 12.3 Å². The molecule has 13 heavy (non-hydrogen) atoms. The zero-order valence-corrected chi connectivity index (χ0v) is 7.80. The molecule has 0 aliphatic heterocycles. The number of sulfonamides is 1. The molecule has 1 aromatic heterocycles. The molecule has 1 heterocycles. The van der Waals surface area contributed by atoms with E-state index >= 15 is 0 Å². The van der Waals surface area contributed by atoms with Crippen LogP contribution in [0.25, 0.3) is 0 Å². The largest absolute Gasteiger partial charge is 0.281 e. The molecule has 0 atom stereocenters. The summed E-state index contributed by atoms with van der Waals surface area (Å²) >= 11 is 0. The molecule has 0 aliphatic carbocycles. The number of hydrogen-bond donors (Lipinski definition) is 1. The van der Waals surface area contributed by atoms with Gasteiger partial charge in [0.1, 0.15) is 5.69 Å². The van der Waals surface area contributed by atoms with Crippen LogP contribution in [0.2, 0.25) is 0 Å². The summed E-state index contributed by atoms with van der Waals surface area (Å²) in [7, 11) is -3.30. The van der Waals surface area contributed by atoms with E-state index in [9.17, 15) is 8.42 Å². The maximum absolute atomic E-state index is 10.9. The van der Waals surface area contributed by atoms with Gasteiger partial charge in [-0.05, 0) is 18.1 Å². The fourth-order valence-corrected chi connectivity index (χ4v) is 1.37. The average molecular weight is 196 g/mol. The standard InChI is InChI=1S/C8H8N2O2S/c1-3-7-8(5-4-6-9-7)10-13(2,11)12/h1,4-6,10H,2H3. The lowest BCUT2D eigenvalue weighted by atomic mass is 10.3. The number of hydrogen-bond acceptors (Lipinski definition) is 3. The molecule has 0 radical (unpaired) electrons.